The van der Waals surface area contributed by atoms with Gasteiger partial charge in [0, 0.05) is 33.2 Å². The lowest BCUT2D eigenvalue weighted by Gasteiger charge is -2.24. The molecule has 1 heterocycles. The highest BCUT2D eigenvalue weighted by molar-refractivity contribution is 6.34. The molecule has 104 valence electrons. The lowest BCUT2D eigenvalue weighted by Crippen LogP contribution is -2.46. The Kier molecular flexibility index (Phi) is 6.12. The molecular weight excluding hydrogens is 230 g/mol. The van der Waals surface area contributed by atoms with Crippen LogP contribution in [0.4, 0.5) is 0 Å². The van der Waals surface area contributed by atoms with E-state index in [0.717, 1.165) is 25.9 Å². The summed E-state index contributed by atoms with van der Waals surface area (Å²) in [4.78, 5) is 27.3. The van der Waals surface area contributed by atoms with Crippen LogP contribution in [0.3, 0.4) is 0 Å². The Labute approximate surface area is 110 Å². The molecule has 5 heteroatoms. The number of hydrogen-bond donors (Lipinski definition) is 1. The Morgan fingerprint density at radius 3 is 2.72 bits per heavy atom. The number of hydrogen-bond acceptors (Lipinski definition) is 3. The van der Waals surface area contributed by atoms with Gasteiger partial charge in [-0.1, -0.05) is 20.3 Å². The molecule has 1 saturated heterocycles. The predicted octanol–water partition coefficient (Wildman–Crippen LogP) is 0.313. The van der Waals surface area contributed by atoms with E-state index in [1.807, 2.05) is 0 Å². The van der Waals surface area contributed by atoms with Gasteiger partial charge in [-0.15, -0.1) is 0 Å². The second kappa shape index (κ2) is 7.36. The highest BCUT2D eigenvalue weighted by atomic mass is 16.2. The average Bonchev–Trinajstić information content (AvgIpc) is 2.65. The van der Waals surface area contributed by atoms with Gasteiger partial charge in [0.05, 0.1) is 0 Å². The van der Waals surface area contributed by atoms with Gasteiger partial charge < -0.3 is 15.1 Å². The molecular formula is C13H25N3O2. The van der Waals surface area contributed by atoms with Gasteiger partial charge in [-0.3, -0.25) is 9.59 Å². The van der Waals surface area contributed by atoms with Crippen molar-refractivity contribution in [2.24, 2.45) is 5.92 Å². The maximum atomic E-state index is 12.1. The Morgan fingerprint density at radius 1 is 1.33 bits per heavy atom. The van der Waals surface area contributed by atoms with Crippen LogP contribution in [0.25, 0.3) is 0 Å². The van der Waals surface area contributed by atoms with E-state index in [4.69, 9.17) is 0 Å². The second-order valence-electron chi connectivity index (χ2n) is 5.09. The van der Waals surface area contributed by atoms with Crippen LogP contribution in [0, 0.1) is 5.92 Å². The van der Waals surface area contributed by atoms with Gasteiger partial charge in [-0.05, 0) is 18.9 Å². The summed E-state index contributed by atoms with van der Waals surface area (Å²) in [5.41, 5.74) is 0. The summed E-state index contributed by atoms with van der Waals surface area (Å²) in [7, 11) is 1.71. The van der Waals surface area contributed by atoms with Gasteiger partial charge in [0.1, 0.15) is 0 Å². The van der Waals surface area contributed by atoms with E-state index in [9.17, 15) is 9.59 Å². The van der Waals surface area contributed by atoms with Crippen molar-refractivity contribution in [3.63, 3.8) is 0 Å². The van der Waals surface area contributed by atoms with E-state index in [1.54, 1.807) is 16.8 Å². The molecule has 18 heavy (non-hydrogen) atoms. The van der Waals surface area contributed by atoms with Crippen molar-refractivity contribution in [3.05, 3.63) is 0 Å². The van der Waals surface area contributed by atoms with Crippen LogP contribution in [0.15, 0.2) is 0 Å². The average molecular weight is 255 g/mol. The molecule has 1 aliphatic rings. The molecule has 0 aromatic heterocycles. The molecule has 1 rings (SSSR count). The Morgan fingerprint density at radius 2 is 2.06 bits per heavy atom. The van der Waals surface area contributed by atoms with Crippen LogP contribution in [-0.2, 0) is 9.59 Å². The smallest absolute Gasteiger partial charge is 0.312 e. The normalized spacial score (nSPS) is 18.1. The SMILES string of the molecule is CCC(C)CN(C)C(=O)C(=O)N1CCCNCC1. The van der Waals surface area contributed by atoms with Crippen LogP contribution in [0.2, 0.25) is 0 Å². The van der Waals surface area contributed by atoms with Gasteiger partial charge in [0.25, 0.3) is 0 Å². The molecule has 0 saturated carbocycles. The van der Waals surface area contributed by atoms with E-state index < -0.39 is 0 Å². The number of carbonyl (C=O) groups excluding carboxylic acids is 2. The zero-order valence-corrected chi connectivity index (χ0v) is 11.7. The van der Waals surface area contributed by atoms with Crippen molar-refractivity contribution >= 4 is 11.8 Å². The quantitative estimate of drug-likeness (QED) is 0.739. The number of nitrogens with zero attached hydrogens (tertiary/aromatic N) is 2. The van der Waals surface area contributed by atoms with Crippen molar-refractivity contribution in [2.75, 3.05) is 39.8 Å². The summed E-state index contributed by atoms with van der Waals surface area (Å²) < 4.78 is 0. The molecule has 0 aromatic carbocycles. The molecule has 5 nitrogen and oxygen atoms in total. The van der Waals surface area contributed by atoms with Crippen LogP contribution < -0.4 is 5.32 Å². The molecule has 1 fully saturated rings. The summed E-state index contributed by atoms with van der Waals surface area (Å²) in [5.74, 6) is -0.306. The van der Waals surface area contributed by atoms with Gasteiger partial charge >= 0.3 is 11.8 Å². The fraction of sp³-hybridized carbons (Fsp3) is 0.846. The molecule has 1 aliphatic heterocycles. The third kappa shape index (κ3) is 4.29. The van der Waals surface area contributed by atoms with Crippen LogP contribution in [0.5, 0.6) is 0 Å². The summed E-state index contributed by atoms with van der Waals surface area (Å²) in [5, 5.41) is 3.22. The number of amides is 2. The molecule has 1 N–H and O–H groups in total. The molecule has 1 unspecified atom stereocenters. The lowest BCUT2D eigenvalue weighted by molar-refractivity contribution is -0.151. The van der Waals surface area contributed by atoms with Gasteiger partial charge in [0.15, 0.2) is 0 Å². The van der Waals surface area contributed by atoms with Crippen molar-refractivity contribution in [3.8, 4) is 0 Å². The summed E-state index contributed by atoms with van der Waals surface area (Å²) >= 11 is 0. The molecule has 0 bridgehead atoms. The van der Waals surface area contributed by atoms with Crippen LogP contribution in [-0.4, -0.2) is 61.4 Å². The van der Waals surface area contributed by atoms with Crippen molar-refractivity contribution in [1.82, 2.24) is 15.1 Å². The zero-order chi connectivity index (χ0) is 13.5. The lowest BCUT2D eigenvalue weighted by atomic mass is 10.1. The van der Waals surface area contributed by atoms with Crippen molar-refractivity contribution in [1.29, 1.82) is 0 Å². The van der Waals surface area contributed by atoms with E-state index >= 15 is 0 Å². The Bertz CT molecular complexity index is 286. The monoisotopic (exact) mass is 255 g/mol. The first-order chi connectivity index (χ1) is 8.56. The molecule has 0 spiro atoms. The number of rotatable bonds is 3. The largest absolute Gasteiger partial charge is 0.337 e. The maximum Gasteiger partial charge on any atom is 0.312 e. The molecule has 1 atom stereocenters. The molecule has 0 radical (unpaired) electrons. The second-order valence-corrected chi connectivity index (χ2v) is 5.09. The summed E-state index contributed by atoms with van der Waals surface area (Å²) in [6.45, 7) is 7.81. The molecule has 0 aliphatic carbocycles. The minimum absolute atomic E-state index is 0.357. The van der Waals surface area contributed by atoms with Crippen molar-refractivity contribution < 1.29 is 9.59 Å². The van der Waals surface area contributed by atoms with Gasteiger partial charge in [-0.25, -0.2) is 0 Å². The standard InChI is InChI=1S/C13H25N3O2/c1-4-11(2)10-15(3)12(17)13(18)16-8-5-6-14-7-9-16/h11,14H,4-10H2,1-3H3. The first-order valence-electron chi connectivity index (χ1n) is 6.81. The van der Waals surface area contributed by atoms with E-state index in [1.165, 1.54) is 0 Å². The molecule has 2 amide bonds. The summed E-state index contributed by atoms with van der Waals surface area (Å²) in [6, 6.07) is 0. The van der Waals surface area contributed by atoms with Gasteiger partial charge in [-0.2, -0.15) is 0 Å². The predicted molar refractivity (Wildman–Crippen MR) is 71.2 cm³/mol. The highest BCUT2D eigenvalue weighted by Crippen LogP contribution is 2.05. The third-order valence-electron chi connectivity index (χ3n) is 3.44. The van der Waals surface area contributed by atoms with Crippen molar-refractivity contribution in [2.45, 2.75) is 26.7 Å². The van der Waals surface area contributed by atoms with Gasteiger partial charge in [0.2, 0.25) is 0 Å². The minimum atomic E-state index is -0.378. The maximum absolute atomic E-state index is 12.1. The third-order valence-corrected chi connectivity index (χ3v) is 3.44. The van der Waals surface area contributed by atoms with E-state index in [-0.39, 0.29) is 11.8 Å². The summed E-state index contributed by atoms with van der Waals surface area (Å²) in [6.07, 6.45) is 1.92. The highest BCUT2D eigenvalue weighted by Gasteiger charge is 2.25. The fourth-order valence-electron chi connectivity index (χ4n) is 2.03. The zero-order valence-electron chi connectivity index (χ0n) is 11.7. The first-order valence-corrected chi connectivity index (χ1v) is 6.81. The van der Waals surface area contributed by atoms with E-state index in [0.29, 0.717) is 25.6 Å². The van der Waals surface area contributed by atoms with E-state index in [2.05, 4.69) is 19.2 Å². The Hall–Kier alpha value is -1.10. The topological polar surface area (TPSA) is 52.7 Å². The molecule has 0 aromatic rings. The minimum Gasteiger partial charge on any atom is -0.337 e. The van der Waals surface area contributed by atoms with Crippen LogP contribution in [0.1, 0.15) is 26.7 Å². The first kappa shape index (κ1) is 15.0. The number of nitrogens with one attached hydrogen (secondary N) is 1. The number of likely N-dealkylation sites (N-methyl/N-ethyl adjacent to an activating group) is 1. The van der Waals surface area contributed by atoms with Crippen LogP contribution >= 0.6 is 0 Å². The fourth-order valence-corrected chi connectivity index (χ4v) is 2.03. The number of carbonyl (C=O) groups is 2. The Balaban J connectivity index is 2.51.